The van der Waals surface area contributed by atoms with Gasteiger partial charge in [0.25, 0.3) is 0 Å². The molecule has 0 unspecified atom stereocenters. The van der Waals surface area contributed by atoms with Crippen molar-refractivity contribution >= 4 is 6.03 Å². The lowest BCUT2D eigenvalue weighted by atomic mass is 10.0. The van der Waals surface area contributed by atoms with Crippen molar-refractivity contribution in [1.29, 1.82) is 0 Å². The van der Waals surface area contributed by atoms with Crippen LogP contribution in [0.5, 0.6) is 5.75 Å². The van der Waals surface area contributed by atoms with E-state index in [4.69, 9.17) is 9.84 Å². The van der Waals surface area contributed by atoms with Crippen molar-refractivity contribution in [3.05, 3.63) is 89.8 Å². The van der Waals surface area contributed by atoms with Crippen molar-refractivity contribution in [2.75, 3.05) is 20.2 Å². The van der Waals surface area contributed by atoms with Crippen LogP contribution in [0.25, 0.3) is 5.69 Å². The highest BCUT2D eigenvalue weighted by Crippen LogP contribution is 2.32. The number of hydrogen-bond donors (Lipinski definition) is 1. The molecule has 5 rings (SSSR count). The molecule has 3 aromatic rings. The first-order chi connectivity index (χ1) is 17.2. The molecule has 1 aromatic heterocycles. The molecule has 1 fully saturated rings. The quantitative estimate of drug-likeness (QED) is 0.473. The van der Waals surface area contributed by atoms with Crippen molar-refractivity contribution in [2.45, 2.75) is 44.9 Å². The number of nitrogens with one attached hydrogen (secondary N) is 1. The van der Waals surface area contributed by atoms with Crippen LogP contribution in [-0.2, 0) is 26.1 Å². The summed E-state index contributed by atoms with van der Waals surface area (Å²) >= 11 is 0. The molecule has 0 radical (unpaired) electrons. The van der Waals surface area contributed by atoms with E-state index in [0.717, 1.165) is 56.0 Å². The number of nitrogens with zero attached hydrogens (tertiary/aromatic N) is 4. The van der Waals surface area contributed by atoms with Crippen LogP contribution in [0.3, 0.4) is 0 Å². The summed E-state index contributed by atoms with van der Waals surface area (Å²) in [5.41, 5.74) is 5.81. The van der Waals surface area contributed by atoms with E-state index in [1.54, 1.807) is 13.2 Å². The van der Waals surface area contributed by atoms with E-state index in [0.29, 0.717) is 13.1 Å². The van der Waals surface area contributed by atoms with Gasteiger partial charge in [-0.1, -0.05) is 36.4 Å². The first-order valence-corrected chi connectivity index (χ1v) is 12.3. The highest BCUT2D eigenvalue weighted by atomic mass is 16.5. The third kappa shape index (κ3) is 5.25. The molecule has 1 aliphatic heterocycles. The van der Waals surface area contributed by atoms with E-state index in [9.17, 15) is 4.79 Å². The summed E-state index contributed by atoms with van der Waals surface area (Å²) in [5.74, 6) is 0.871. The Morgan fingerprint density at radius 1 is 1.20 bits per heavy atom. The number of hydrogen-bond acceptors (Lipinski definition) is 4. The molecule has 0 saturated heterocycles. The maximum absolute atomic E-state index is 12.9. The number of amides is 2. The topological polar surface area (TPSA) is 62.6 Å². The molecule has 2 heterocycles. The smallest absolute Gasteiger partial charge is 0.318 e. The highest BCUT2D eigenvalue weighted by molar-refractivity contribution is 5.75. The Morgan fingerprint density at radius 2 is 1.97 bits per heavy atom. The van der Waals surface area contributed by atoms with Crippen LogP contribution in [0, 0.1) is 0 Å². The first kappa shape index (κ1) is 23.2. The zero-order valence-electron chi connectivity index (χ0n) is 20.3. The van der Waals surface area contributed by atoms with Crippen molar-refractivity contribution in [3.8, 4) is 11.4 Å². The second-order valence-electron chi connectivity index (χ2n) is 9.26. The lowest BCUT2D eigenvalue weighted by Crippen LogP contribution is -2.41. The molecular weight excluding hydrogens is 438 g/mol. The zero-order valence-corrected chi connectivity index (χ0v) is 20.3. The molecule has 1 saturated carbocycles. The van der Waals surface area contributed by atoms with Gasteiger partial charge in [-0.05, 0) is 42.7 Å². The van der Waals surface area contributed by atoms with Gasteiger partial charge >= 0.3 is 6.03 Å². The number of carbonyl (C=O) groups excluding carboxylic acids is 1. The minimum atomic E-state index is -0.0405. The van der Waals surface area contributed by atoms with Crippen molar-refractivity contribution in [2.24, 2.45) is 0 Å². The fourth-order valence-electron chi connectivity index (χ4n) is 4.75. The second kappa shape index (κ2) is 10.4. The number of aromatic nitrogens is 2. The van der Waals surface area contributed by atoms with Crippen LogP contribution in [-0.4, -0.2) is 51.9 Å². The molecule has 7 heteroatoms. The number of ether oxygens (including phenoxy) is 1. The van der Waals surface area contributed by atoms with Gasteiger partial charge in [0.15, 0.2) is 0 Å². The maximum atomic E-state index is 12.9. The van der Waals surface area contributed by atoms with Crippen LogP contribution in [0.15, 0.2) is 67.3 Å². The molecule has 2 aromatic carbocycles. The van der Waals surface area contributed by atoms with Gasteiger partial charge in [-0.25, -0.2) is 9.48 Å². The molecule has 1 N–H and O–H groups in total. The Labute approximate surface area is 207 Å². The van der Waals surface area contributed by atoms with E-state index >= 15 is 0 Å². The summed E-state index contributed by atoms with van der Waals surface area (Å²) in [5, 5.41) is 8.03. The number of carbonyl (C=O) groups is 1. The summed E-state index contributed by atoms with van der Waals surface area (Å²) < 4.78 is 7.39. The third-order valence-corrected chi connectivity index (χ3v) is 6.75. The summed E-state index contributed by atoms with van der Waals surface area (Å²) in [6.45, 7) is 7.35. The van der Waals surface area contributed by atoms with E-state index in [1.807, 2.05) is 35.2 Å². The summed E-state index contributed by atoms with van der Waals surface area (Å²) in [6.07, 6.45) is 4.73. The van der Waals surface area contributed by atoms with Gasteiger partial charge in [0, 0.05) is 44.2 Å². The fourth-order valence-corrected chi connectivity index (χ4v) is 4.75. The summed E-state index contributed by atoms with van der Waals surface area (Å²) in [7, 11) is 1.69. The standard InChI is InChI=1S/C28H33N5O2/c1-3-16-29-28(34)32(22-11-12-22)20-26-25-19-31(18-21-9-13-24(35-2)14-10-21)17-15-27(25)33(30-26)23-7-5-4-6-8-23/h3-10,13-14,22H,1,11-12,15-20H2,2H3,(H,29,34). The van der Waals surface area contributed by atoms with E-state index in [-0.39, 0.29) is 12.1 Å². The lowest BCUT2D eigenvalue weighted by Gasteiger charge is -2.28. The molecule has 0 bridgehead atoms. The van der Waals surface area contributed by atoms with E-state index < -0.39 is 0 Å². The monoisotopic (exact) mass is 471 g/mol. The summed E-state index contributed by atoms with van der Waals surface area (Å²) in [6, 6.07) is 18.8. The first-order valence-electron chi connectivity index (χ1n) is 12.3. The molecule has 0 atom stereocenters. The zero-order chi connectivity index (χ0) is 24.2. The van der Waals surface area contributed by atoms with Gasteiger partial charge in [0.2, 0.25) is 0 Å². The van der Waals surface area contributed by atoms with Gasteiger partial charge in [-0.3, -0.25) is 4.90 Å². The molecular formula is C28H33N5O2. The van der Waals surface area contributed by atoms with Gasteiger partial charge in [0.05, 0.1) is 30.7 Å². The Kier molecular flexibility index (Phi) is 6.86. The number of fused-ring (bicyclic) bond motifs is 1. The Morgan fingerprint density at radius 3 is 2.66 bits per heavy atom. The third-order valence-electron chi connectivity index (χ3n) is 6.75. The van der Waals surface area contributed by atoms with Gasteiger partial charge < -0.3 is 15.0 Å². The molecule has 2 amide bonds. The number of para-hydroxylation sites is 1. The molecule has 1 aliphatic carbocycles. The Balaban J connectivity index is 1.42. The van der Waals surface area contributed by atoms with E-state index in [2.05, 4.69) is 45.7 Å². The largest absolute Gasteiger partial charge is 0.497 e. The average Bonchev–Trinajstić information content (AvgIpc) is 3.68. The molecule has 35 heavy (non-hydrogen) atoms. The number of methoxy groups -OCH3 is 1. The SMILES string of the molecule is C=CCNC(=O)N(Cc1nn(-c2ccccc2)c2c1CN(Cc1ccc(OC)cc1)CC2)C1CC1. The minimum absolute atomic E-state index is 0.0405. The van der Waals surface area contributed by atoms with Crippen LogP contribution in [0.4, 0.5) is 4.79 Å². The fraction of sp³-hybridized carbons (Fsp3) is 0.357. The number of urea groups is 1. The van der Waals surface area contributed by atoms with E-state index in [1.165, 1.54) is 16.8 Å². The Hall–Kier alpha value is -3.58. The number of benzene rings is 2. The van der Waals surface area contributed by atoms with Crippen LogP contribution in [0.2, 0.25) is 0 Å². The molecule has 0 spiro atoms. The van der Waals surface area contributed by atoms with Crippen molar-refractivity contribution in [3.63, 3.8) is 0 Å². The van der Waals surface area contributed by atoms with Gasteiger partial charge in [-0.15, -0.1) is 6.58 Å². The molecule has 7 nitrogen and oxygen atoms in total. The van der Waals surface area contributed by atoms with Gasteiger partial charge in [-0.2, -0.15) is 5.10 Å². The van der Waals surface area contributed by atoms with Crippen LogP contribution in [0.1, 0.15) is 35.4 Å². The van der Waals surface area contributed by atoms with Crippen molar-refractivity contribution in [1.82, 2.24) is 24.9 Å². The second-order valence-corrected chi connectivity index (χ2v) is 9.26. The minimum Gasteiger partial charge on any atom is -0.497 e. The highest BCUT2D eigenvalue weighted by Gasteiger charge is 2.35. The normalized spacial score (nSPS) is 15.3. The predicted octanol–water partition coefficient (Wildman–Crippen LogP) is 4.30. The average molecular weight is 472 g/mol. The maximum Gasteiger partial charge on any atom is 0.318 e. The van der Waals surface area contributed by atoms with Crippen LogP contribution < -0.4 is 10.1 Å². The van der Waals surface area contributed by atoms with Crippen molar-refractivity contribution < 1.29 is 9.53 Å². The molecule has 2 aliphatic rings. The number of rotatable bonds is 9. The molecule has 182 valence electrons. The Bertz CT molecular complexity index is 1170. The summed E-state index contributed by atoms with van der Waals surface area (Å²) in [4.78, 5) is 17.3. The predicted molar refractivity (Wildman–Crippen MR) is 137 cm³/mol. The lowest BCUT2D eigenvalue weighted by molar-refractivity contribution is 0.191. The van der Waals surface area contributed by atoms with Gasteiger partial charge in [0.1, 0.15) is 5.75 Å². The van der Waals surface area contributed by atoms with Crippen LogP contribution >= 0.6 is 0 Å².